The maximum Gasteiger partial charge on any atom is 0.416 e. The predicted octanol–water partition coefficient (Wildman–Crippen LogP) is 5.56. The summed E-state index contributed by atoms with van der Waals surface area (Å²) in [6.07, 6.45) is -4.52. The molecular weight excluding hydrogens is 441 g/mol. The summed E-state index contributed by atoms with van der Waals surface area (Å²) < 4.78 is 44.4. The second kappa shape index (κ2) is 8.51. The molecule has 1 aliphatic heterocycles. The Labute approximate surface area is 185 Å². The zero-order valence-corrected chi connectivity index (χ0v) is 17.6. The van der Waals surface area contributed by atoms with E-state index in [1.807, 2.05) is 6.92 Å². The number of carbonyl (C=O) groups excluding carboxylic acids is 2. The van der Waals surface area contributed by atoms with E-state index in [0.717, 1.165) is 29.2 Å². The van der Waals surface area contributed by atoms with E-state index in [4.69, 9.17) is 4.74 Å². The number of alkyl halides is 3. The van der Waals surface area contributed by atoms with Gasteiger partial charge in [-0.25, -0.2) is 4.90 Å². The van der Waals surface area contributed by atoms with Gasteiger partial charge < -0.3 is 10.1 Å². The zero-order chi connectivity index (χ0) is 22.9. The number of imide groups is 1. The number of nitrogens with zero attached hydrogens (tertiary/aromatic N) is 1. The van der Waals surface area contributed by atoms with Crippen molar-refractivity contribution in [1.82, 2.24) is 0 Å². The van der Waals surface area contributed by atoms with E-state index in [-0.39, 0.29) is 17.0 Å². The molecule has 5 nitrogen and oxygen atoms in total. The molecule has 0 saturated heterocycles. The van der Waals surface area contributed by atoms with Crippen LogP contribution in [0.1, 0.15) is 17.4 Å². The highest BCUT2D eigenvalue weighted by Gasteiger charge is 2.41. The molecule has 0 bridgehead atoms. The lowest BCUT2D eigenvalue weighted by atomic mass is 10.1. The van der Waals surface area contributed by atoms with Crippen molar-refractivity contribution in [2.24, 2.45) is 0 Å². The van der Waals surface area contributed by atoms with Crippen molar-refractivity contribution in [3.8, 4) is 5.75 Å². The van der Waals surface area contributed by atoms with Crippen molar-refractivity contribution in [1.29, 1.82) is 0 Å². The topological polar surface area (TPSA) is 58.6 Å². The van der Waals surface area contributed by atoms with Crippen LogP contribution in [0.4, 0.5) is 24.5 Å². The van der Waals surface area contributed by atoms with E-state index in [9.17, 15) is 22.8 Å². The van der Waals surface area contributed by atoms with Gasteiger partial charge in [-0.15, -0.1) is 11.3 Å². The maximum atomic E-state index is 13.3. The third kappa shape index (κ3) is 3.99. The lowest BCUT2D eigenvalue weighted by Crippen LogP contribution is -2.32. The summed E-state index contributed by atoms with van der Waals surface area (Å²) in [6.45, 7) is 2.23. The second-order valence-corrected chi connectivity index (χ2v) is 7.72. The van der Waals surface area contributed by atoms with Crippen LogP contribution in [0.5, 0.6) is 5.75 Å². The summed E-state index contributed by atoms with van der Waals surface area (Å²) in [7, 11) is 0. The van der Waals surface area contributed by atoms with Crippen LogP contribution in [0.25, 0.3) is 5.57 Å². The molecule has 0 radical (unpaired) electrons. The van der Waals surface area contributed by atoms with Crippen molar-refractivity contribution >= 4 is 40.1 Å². The fourth-order valence-corrected chi connectivity index (χ4v) is 4.08. The number of halogens is 3. The third-order valence-electron chi connectivity index (χ3n) is 4.75. The third-order valence-corrected chi connectivity index (χ3v) is 5.64. The Hall–Kier alpha value is -3.59. The van der Waals surface area contributed by atoms with Gasteiger partial charge in [0.25, 0.3) is 11.8 Å². The van der Waals surface area contributed by atoms with E-state index in [2.05, 4.69) is 5.32 Å². The average Bonchev–Trinajstić information content (AvgIpc) is 3.36. The number of benzene rings is 2. The molecule has 2 aromatic carbocycles. The normalized spacial score (nSPS) is 14.3. The number of rotatable bonds is 6. The van der Waals surface area contributed by atoms with Gasteiger partial charge in [0, 0.05) is 4.88 Å². The number of nitrogens with one attached hydrogen (secondary N) is 1. The van der Waals surface area contributed by atoms with Crippen LogP contribution in [-0.2, 0) is 15.8 Å². The summed E-state index contributed by atoms with van der Waals surface area (Å²) in [5, 5.41) is 4.79. The molecule has 0 fully saturated rings. The summed E-state index contributed by atoms with van der Waals surface area (Å²) in [4.78, 5) is 28.0. The number of ether oxygens (including phenoxy) is 1. The van der Waals surface area contributed by atoms with E-state index in [1.165, 1.54) is 11.3 Å². The number of amides is 2. The first-order valence-corrected chi connectivity index (χ1v) is 10.5. The van der Waals surface area contributed by atoms with E-state index < -0.39 is 23.6 Å². The van der Waals surface area contributed by atoms with Gasteiger partial charge in [0.2, 0.25) is 0 Å². The van der Waals surface area contributed by atoms with E-state index >= 15 is 0 Å². The molecule has 32 heavy (non-hydrogen) atoms. The van der Waals surface area contributed by atoms with Gasteiger partial charge in [0.1, 0.15) is 11.4 Å². The lowest BCUT2D eigenvalue weighted by Gasteiger charge is -2.17. The molecule has 164 valence electrons. The number of anilines is 2. The van der Waals surface area contributed by atoms with Gasteiger partial charge in [0.05, 0.1) is 29.1 Å². The average molecular weight is 458 g/mol. The Balaban J connectivity index is 1.75. The largest absolute Gasteiger partial charge is 0.492 e. The highest BCUT2D eigenvalue weighted by Crippen LogP contribution is 2.38. The second-order valence-electron chi connectivity index (χ2n) is 6.77. The molecule has 2 heterocycles. The highest BCUT2D eigenvalue weighted by molar-refractivity contribution is 7.11. The minimum Gasteiger partial charge on any atom is -0.492 e. The first kappa shape index (κ1) is 21.6. The van der Waals surface area contributed by atoms with E-state index in [0.29, 0.717) is 22.9 Å². The lowest BCUT2D eigenvalue weighted by molar-refractivity contribution is -0.137. The first-order valence-electron chi connectivity index (χ1n) is 9.64. The molecule has 3 aromatic rings. The molecule has 9 heteroatoms. The SMILES string of the molecule is CCOc1ccccc1NC1=C(c2cccs2)C(=O)N(c2ccc(C(F)(F)F)cc2)C1=O. The molecule has 1 aliphatic rings. The Morgan fingerprint density at radius 1 is 0.969 bits per heavy atom. The van der Waals surface area contributed by atoms with E-state index in [1.54, 1.807) is 41.8 Å². The molecule has 0 atom stereocenters. The fourth-order valence-electron chi connectivity index (χ4n) is 3.32. The maximum absolute atomic E-state index is 13.3. The van der Waals surface area contributed by atoms with Crippen molar-refractivity contribution in [2.45, 2.75) is 13.1 Å². The quantitative estimate of drug-likeness (QED) is 0.491. The highest BCUT2D eigenvalue weighted by atomic mass is 32.1. The predicted molar refractivity (Wildman–Crippen MR) is 116 cm³/mol. The number of carbonyl (C=O) groups is 2. The molecule has 0 aliphatic carbocycles. The van der Waals surface area contributed by atoms with Gasteiger partial charge >= 0.3 is 6.18 Å². The number of para-hydroxylation sites is 2. The molecule has 4 rings (SSSR count). The molecule has 1 N–H and O–H groups in total. The summed E-state index contributed by atoms with van der Waals surface area (Å²) in [5.74, 6) is -0.778. The molecule has 2 amide bonds. The van der Waals surface area contributed by atoms with Crippen molar-refractivity contribution in [3.05, 3.63) is 82.2 Å². The Morgan fingerprint density at radius 2 is 1.69 bits per heavy atom. The van der Waals surface area contributed by atoms with Gasteiger partial charge in [-0.2, -0.15) is 13.2 Å². The van der Waals surface area contributed by atoms with Crippen LogP contribution < -0.4 is 15.0 Å². The van der Waals surface area contributed by atoms with Gasteiger partial charge in [-0.3, -0.25) is 9.59 Å². The Bertz CT molecular complexity index is 1190. The molecule has 1 aromatic heterocycles. The number of hydrogen-bond donors (Lipinski definition) is 1. The molecular formula is C23H17F3N2O3S. The van der Waals surface area contributed by atoms with Crippen LogP contribution in [0, 0.1) is 0 Å². The first-order chi connectivity index (χ1) is 15.3. The summed E-state index contributed by atoms with van der Waals surface area (Å²) in [5.41, 5.74) is -0.137. The number of thiophene rings is 1. The molecule has 0 spiro atoms. The summed E-state index contributed by atoms with van der Waals surface area (Å²) in [6, 6.07) is 14.3. The molecule has 0 unspecified atom stereocenters. The van der Waals surface area contributed by atoms with Gasteiger partial charge in [-0.05, 0) is 54.8 Å². The van der Waals surface area contributed by atoms with Gasteiger partial charge in [-0.1, -0.05) is 18.2 Å². The fraction of sp³-hybridized carbons (Fsp3) is 0.130. The van der Waals surface area contributed by atoms with Crippen molar-refractivity contribution in [3.63, 3.8) is 0 Å². The van der Waals surface area contributed by atoms with Crippen LogP contribution in [0.2, 0.25) is 0 Å². The monoisotopic (exact) mass is 458 g/mol. The van der Waals surface area contributed by atoms with Crippen LogP contribution >= 0.6 is 11.3 Å². The molecule has 0 saturated carbocycles. The minimum absolute atomic E-state index is 0.0319. The van der Waals surface area contributed by atoms with Crippen molar-refractivity contribution in [2.75, 3.05) is 16.8 Å². The van der Waals surface area contributed by atoms with Gasteiger partial charge in [0.15, 0.2) is 0 Å². The van der Waals surface area contributed by atoms with Crippen LogP contribution in [0.3, 0.4) is 0 Å². The number of hydrogen-bond acceptors (Lipinski definition) is 5. The van der Waals surface area contributed by atoms with Crippen LogP contribution in [-0.4, -0.2) is 18.4 Å². The summed E-state index contributed by atoms with van der Waals surface area (Å²) >= 11 is 1.28. The zero-order valence-electron chi connectivity index (χ0n) is 16.8. The van der Waals surface area contributed by atoms with Crippen molar-refractivity contribution < 1.29 is 27.5 Å². The minimum atomic E-state index is -4.52. The van der Waals surface area contributed by atoms with Crippen LogP contribution in [0.15, 0.2) is 71.7 Å². The smallest absolute Gasteiger partial charge is 0.416 e. The standard InChI is InChI=1S/C23H17F3N2O3S/c1-2-31-17-7-4-3-6-16(17)27-20-19(18-8-5-13-32-18)21(29)28(22(20)30)15-11-9-14(10-12-15)23(24,25)26/h3-13,27H,2H2,1H3. The Kier molecular flexibility index (Phi) is 5.75. The Morgan fingerprint density at radius 3 is 2.31 bits per heavy atom.